The van der Waals surface area contributed by atoms with E-state index >= 15 is 0 Å². The minimum atomic E-state index is -3.04. The zero-order chi connectivity index (χ0) is 20.1. The first-order valence-corrected chi connectivity index (χ1v) is 12.8. The second-order valence-electron chi connectivity index (χ2n) is 8.51. The van der Waals surface area contributed by atoms with Crippen molar-refractivity contribution in [3.63, 3.8) is 0 Å². The normalized spacial score (nSPS) is 26.9. The molecule has 1 heterocycles. The van der Waals surface area contributed by atoms with Gasteiger partial charge in [-0.25, -0.2) is 8.42 Å². The summed E-state index contributed by atoms with van der Waals surface area (Å²) in [7, 11) is -3.04. The maximum Gasteiger partial charge on any atom is 0.226 e. The molecule has 28 heavy (non-hydrogen) atoms. The average molecular weight is 426 g/mol. The molecule has 2 aliphatic rings. The summed E-state index contributed by atoms with van der Waals surface area (Å²) in [5, 5.41) is 0.639. The SMILES string of the molecule is CCCCC1CCC(C(=O)N(Cc2cccc(Cl)c2)C2CCS(=O)(=O)C2)CC1. The second-order valence-corrected chi connectivity index (χ2v) is 11.2. The van der Waals surface area contributed by atoms with E-state index in [0.717, 1.165) is 37.2 Å². The van der Waals surface area contributed by atoms with Gasteiger partial charge in [-0.15, -0.1) is 0 Å². The second kappa shape index (κ2) is 9.62. The fourth-order valence-electron chi connectivity index (χ4n) is 4.67. The maximum absolute atomic E-state index is 13.4. The smallest absolute Gasteiger partial charge is 0.226 e. The van der Waals surface area contributed by atoms with Crippen LogP contribution < -0.4 is 0 Å². The molecule has 1 saturated carbocycles. The van der Waals surface area contributed by atoms with E-state index in [2.05, 4.69) is 6.92 Å². The summed E-state index contributed by atoms with van der Waals surface area (Å²) in [4.78, 5) is 15.2. The topological polar surface area (TPSA) is 54.5 Å². The molecule has 1 aromatic rings. The third-order valence-electron chi connectivity index (χ3n) is 6.34. The van der Waals surface area contributed by atoms with Crippen molar-refractivity contribution in [3.8, 4) is 0 Å². The van der Waals surface area contributed by atoms with Gasteiger partial charge in [-0.3, -0.25) is 4.79 Å². The van der Waals surface area contributed by atoms with Crippen LogP contribution in [0.15, 0.2) is 24.3 Å². The molecular weight excluding hydrogens is 394 g/mol. The Kier molecular flexibility index (Phi) is 7.43. The van der Waals surface area contributed by atoms with Crippen LogP contribution in [0.4, 0.5) is 0 Å². The Morgan fingerprint density at radius 1 is 1.18 bits per heavy atom. The molecule has 0 radical (unpaired) electrons. The van der Waals surface area contributed by atoms with Crippen molar-refractivity contribution < 1.29 is 13.2 Å². The first kappa shape index (κ1) is 21.6. The number of unbranched alkanes of at least 4 members (excludes halogenated alkanes) is 1. The van der Waals surface area contributed by atoms with Gasteiger partial charge in [0.2, 0.25) is 5.91 Å². The van der Waals surface area contributed by atoms with Crippen molar-refractivity contribution in [1.29, 1.82) is 0 Å². The Bertz CT molecular complexity index is 772. The fourth-order valence-corrected chi connectivity index (χ4v) is 6.61. The largest absolute Gasteiger partial charge is 0.334 e. The quantitative estimate of drug-likeness (QED) is 0.627. The number of carbonyl (C=O) groups is 1. The minimum Gasteiger partial charge on any atom is -0.334 e. The predicted molar refractivity (Wildman–Crippen MR) is 114 cm³/mol. The van der Waals surface area contributed by atoms with Crippen LogP contribution in [0.3, 0.4) is 0 Å². The Labute approximate surface area is 174 Å². The van der Waals surface area contributed by atoms with Crippen LogP contribution in [0.5, 0.6) is 0 Å². The van der Waals surface area contributed by atoms with E-state index < -0.39 is 9.84 Å². The number of halogens is 1. The standard InChI is InChI=1S/C22H32ClNO3S/c1-2-3-5-17-8-10-19(11-9-17)22(25)24(21-12-13-28(26,27)16-21)15-18-6-4-7-20(23)14-18/h4,6-7,14,17,19,21H,2-3,5,8-13,15-16H2,1H3. The van der Waals surface area contributed by atoms with Crippen LogP contribution in [-0.4, -0.2) is 36.8 Å². The molecule has 1 aliphatic heterocycles. The summed E-state index contributed by atoms with van der Waals surface area (Å²) in [5.74, 6) is 1.18. The lowest BCUT2D eigenvalue weighted by Crippen LogP contribution is -2.44. The molecule has 1 aliphatic carbocycles. The Morgan fingerprint density at radius 3 is 2.54 bits per heavy atom. The zero-order valence-corrected chi connectivity index (χ0v) is 18.4. The lowest BCUT2D eigenvalue weighted by molar-refractivity contribution is -0.139. The Balaban J connectivity index is 1.70. The molecule has 0 N–H and O–H groups in total. The van der Waals surface area contributed by atoms with Crippen LogP contribution in [0, 0.1) is 11.8 Å². The highest BCUT2D eigenvalue weighted by molar-refractivity contribution is 7.91. The summed E-state index contributed by atoms with van der Waals surface area (Å²) in [6, 6.07) is 7.30. The van der Waals surface area contributed by atoms with Gasteiger partial charge in [-0.1, -0.05) is 49.9 Å². The van der Waals surface area contributed by atoms with E-state index in [1.165, 1.54) is 19.3 Å². The van der Waals surface area contributed by atoms with E-state index in [1.54, 1.807) is 0 Å². The van der Waals surface area contributed by atoms with Crippen LogP contribution >= 0.6 is 11.6 Å². The van der Waals surface area contributed by atoms with E-state index in [-0.39, 0.29) is 29.4 Å². The van der Waals surface area contributed by atoms with E-state index in [0.29, 0.717) is 18.0 Å². The van der Waals surface area contributed by atoms with Crippen molar-refractivity contribution >= 4 is 27.3 Å². The summed E-state index contributed by atoms with van der Waals surface area (Å²) < 4.78 is 24.1. The Morgan fingerprint density at radius 2 is 1.93 bits per heavy atom. The molecule has 0 bridgehead atoms. The number of benzene rings is 1. The van der Waals surface area contributed by atoms with Gasteiger partial charge >= 0.3 is 0 Å². The first-order chi connectivity index (χ1) is 13.4. The van der Waals surface area contributed by atoms with E-state index in [1.807, 2.05) is 29.2 Å². The van der Waals surface area contributed by atoms with Crippen LogP contribution in [-0.2, 0) is 21.2 Å². The number of carbonyl (C=O) groups excluding carboxylic acids is 1. The fraction of sp³-hybridized carbons (Fsp3) is 0.682. The number of nitrogens with zero attached hydrogens (tertiary/aromatic N) is 1. The van der Waals surface area contributed by atoms with Gasteiger partial charge in [0.05, 0.1) is 11.5 Å². The van der Waals surface area contributed by atoms with Crippen LogP contribution in [0.25, 0.3) is 0 Å². The zero-order valence-electron chi connectivity index (χ0n) is 16.8. The number of hydrogen-bond donors (Lipinski definition) is 0. The van der Waals surface area contributed by atoms with Gasteiger partial charge in [-0.05, 0) is 55.7 Å². The highest BCUT2D eigenvalue weighted by Crippen LogP contribution is 2.34. The van der Waals surface area contributed by atoms with Gasteiger partial charge < -0.3 is 4.90 Å². The highest BCUT2D eigenvalue weighted by Gasteiger charge is 2.38. The summed E-state index contributed by atoms with van der Waals surface area (Å²) >= 11 is 6.12. The van der Waals surface area contributed by atoms with Gasteiger partial charge in [-0.2, -0.15) is 0 Å². The first-order valence-electron chi connectivity index (χ1n) is 10.6. The molecule has 2 fully saturated rings. The molecule has 1 atom stereocenters. The van der Waals surface area contributed by atoms with E-state index in [9.17, 15) is 13.2 Å². The molecule has 1 amide bonds. The van der Waals surface area contributed by atoms with Crippen molar-refractivity contribution in [2.24, 2.45) is 11.8 Å². The third kappa shape index (κ3) is 5.73. The van der Waals surface area contributed by atoms with Crippen molar-refractivity contribution in [3.05, 3.63) is 34.9 Å². The maximum atomic E-state index is 13.4. The van der Waals surface area contributed by atoms with Gasteiger partial charge in [0.25, 0.3) is 0 Å². The average Bonchev–Trinajstić information content (AvgIpc) is 3.04. The molecular formula is C22H32ClNO3S. The lowest BCUT2D eigenvalue weighted by atomic mass is 9.79. The van der Waals surface area contributed by atoms with Crippen molar-refractivity contribution in [2.75, 3.05) is 11.5 Å². The van der Waals surface area contributed by atoms with Gasteiger partial charge in [0.15, 0.2) is 9.84 Å². The lowest BCUT2D eigenvalue weighted by Gasteiger charge is -2.35. The molecule has 6 heteroatoms. The summed E-state index contributed by atoms with van der Waals surface area (Å²) in [5.41, 5.74) is 0.960. The monoisotopic (exact) mass is 425 g/mol. The van der Waals surface area contributed by atoms with Crippen molar-refractivity contribution in [2.45, 2.75) is 70.9 Å². The van der Waals surface area contributed by atoms with Gasteiger partial charge in [0.1, 0.15) is 0 Å². The molecule has 0 aromatic heterocycles. The van der Waals surface area contributed by atoms with Crippen LogP contribution in [0.2, 0.25) is 5.02 Å². The molecule has 1 unspecified atom stereocenters. The Hall–Kier alpha value is -1.07. The molecule has 156 valence electrons. The number of sulfone groups is 1. The number of hydrogen-bond acceptors (Lipinski definition) is 3. The minimum absolute atomic E-state index is 0.0281. The molecule has 3 rings (SSSR count). The van der Waals surface area contributed by atoms with Gasteiger partial charge in [0, 0.05) is 23.5 Å². The highest BCUT2D eigenvalue weighted by atomic mass is 35.5. The molecule has 1 aromatic carbocycles. The number of amides is 1. The van der Waals surface area contributed by atoms with Crippen LogP contribution in [0.1, 0.15) is 63.9 Å². The predicted octanol–water partition coefficient (Wildman–Crippen LogP) is 4.85. The van der Waals surface area contributed by atoms with Crippen molar-refractivity contribution in [1.82, 2.24) is 4.90 Å². The number of rotatable bonds is 7. The van der Waals surface area contributed by atoms with E-state index in [4.69, 9.17) is 11.6 Å². The third-order valence-corrected chi connectivity index (χ3v) is 8.32. The molecule has 0 spiro atoms. The molecule has 4 nitrogen and oxygen atoms in total. The summed E-state index contributed by atoms with van der Waals surface area (Å²) in [6.07, 6.45) is 8.39. The summed E-state index contributed by atoms with van der Waals surface area (Å²) in [6.45, 7) is 2.66. The molecule has 1 saturated heterocycles.